The molecule has 1 aromatic heterocycles. The molecule has 3 aromatic rings. The van der Waals surface area contributed by atoms with Gasteiger partial charge in [0.05, 0.1) is 23.9 Å². The van der Waals surface area contributed by atoms with Crippen LogP contribution in [-0.2, 0) is 0 Å². The summed E-state index contributed by atoms with van der Waals surface area (Å²) in [6.45, 7) is 2.19. The van der Waals surface area contributed by atoms with E-state index in [0.717, 1.165) is 43.1 Å². The number of piperidine rings is 1. The second kappa shape index (κ2) is 8.89. The van der Waals surface area contributed by atoms with E-state index >= 15 is 0 Å². The molecule has 2 aliphatic rings. The maximum atomic E-state index is 10.8. The molecule has 162 valence electrons. The summed E-state index contributed by atoms with van der Waals surface area (Å²) in [6.07, 6.45) is 6.06. The van der Waals surface area contributed by atoms with Crippen molar-refractivity contribution in [3.8, 4) is 23.3 Å². The first-order chi connectivity index (χ1) is 15.7. The van der Waals surface area contributed by atoms with E-state index in [0.29, 0.717) is 33.7 Å². The molecule has 0 amide bonds. The lowest BCUT2D eigenvalue weighted by Gasteiger charge is -2.21. The molecule has 6 heteroatoms. The van der Waals surface area contributed by atoms with Crippen molar-refractivity contribution >= 4 is 28.4 Å². The lowest BCUT2D eigenvalue weighted by Crippen LogP contribution is -2.27. The van der Waals surface area contributed by atoms with Gasteiger partial charge in [-0.2, -0.15) is 0 Å². The SMILES string of the molecule is COc1ccc2c(O)c(C=C3N=Nc4ccccc43)oc2c1C#CCCC1CCNCC1. The fraction of sp³-hybridized carbons (Fsp3) is 0.308. The van der Waals surface area contributed by atoms with E-state index in [1.54, 1.807) is 19.3 Å². The number of hydrogen-bond donors (Lipinski definition) is 2. The Balaban J connectivity index is 1.47. The summed E-state index contributed by atoms with van der Waals surface area (Å²) in [5.74, 6) is 8.29. The van der Waals surface area contributed by atoms with E-state index in [4.69, 9.17) is 9.15 Å². The molecule has 0 saturated carbocycles. The molecule has 0 bridgehead atoms. The highest BCUT2D eigenvalue weighted by molar-refractivity contribution is 5.96. The number of nitrogens with zero attached hydrogens (tertiary/aromatic N) is 2. The van der Waals surface area contributed by atoms with Gasteiger partial charge in [-0.15, -0.1) is 10.2 Å². The van der Waals surface area contributed by atoms with Gasteiger partial charge < -0.3 is 19.6 Å². The van der Waals surface area contributed by atoms with Gasteiger partial charge in [-0.1, -0.05) is 30.0 Å². The molecular formula is C26H25N3O3. The molecule has 2 aromatic carbocycles. The second-order valence-corrected chi connectivity index (χ2v) is 8.11. The molecule has 32 heavy (non-hydrogen) atoms. The Bertz CT molecular complexity index is 1270. The highest BCUT2D eigenvalue weighted by atomic mass is 16.5. The highest BCUT2D eigenvalue weighted by Crippen LogP contribution is 2.41. The molecule has 1 fully saturated rings. The molecular weight excluding hydrogens is 402 g/mol. The highest BCUT2D eigenvalue weighted by Gasteiger charge is 2.20. The first-order valence-electron chi connectivity index (χ1n) is 11.0. The Kier molecular flexibility index (Phi) is 5.66. The number of methoxy groups -OCH3 is 1. The van der Waals surface area contributed by atoms with Crippen molar-refractivity contribution in [1.82, 2.24) is 5.32 Å². The third kappa shape index (κ3) is 3.88. The maximum absolute atomic E-state index is 10.8. The van der Waals surface area contributed by atoms with Crippen molar-refractivity contribution in [2.75, 3.05) is 20.2 Å². The van der Waals surface area contributed by atoms with Crippen molar-refractivity contribution in [3.63, 3.8) is 0 Å². The molecule has 0 radical (unpaired) electrons. The summed E-state index contributed by atoms with van der Waals surface area (Å²) in [5, 5.41) is 23.2. The van der Waals surface area contributed by atoms with Gasteiger partial charge >= 0.3 is 0 Å². The molecule has 3 heterocycles. The van der Waals surface area contributed by atoms with Crippen LogP contribution >= 0.6 is 0 Å². The number of azo groups is 1. The topological polar surface area (TPSA) is 79.3 Å². The van der Waals surface area contributed by atoms with Crippen molar-refractivity contribution in [2.24, 2.45) is 16.1 Å². The fourth-order valence-corrected chi connectivity index (χ4v) is 4.30. The molecule has 5 rings (SSSR count). The second-order valence-electron chi connectivity index (χ2n) is 8.11. The zero-order valence-corrected chi connectivity index (χ0v) is 18.0. The molecule has 0 aliphatic carbocycles. The summed E-state index contributed by atoms with van der Waals surface area (Å²) in [4.78, 5) is 0. The standard InChI is InChI=1S/C26H25N3O3/c1-31-23-11-10-20-25(30)24(16-22-18-7-4-5-9-21(18)28-29-22)32-26(20)19(23)8-3-2-6-17-12-14-27-15-13-17/h4-5,7,9-11,16-17,27,30H,2,6,12-15H2,1H3. The summed E-state index contributed by atoms with van der Waals surface area (Å²) < 4.78 is 11.6. The van der Waals surface area contributed by atoms with Crippen molar-refractivity contribution in [3.05, 3.63) is 53.3 Å². The number of nitrogens with one attached hydrogen (secondary N) is 1. The largest absolute Gasteiger partial charge is 0.504 e. The quantitative estimate of drug-likeness (QED) is 0.510. The van der Waals surface area contributed by atoms with E-state index in [2.05, 4.69) is 27.4 Å². The zero-order chi connectivity index (χ0) is 21.9. The Morgan fingerprint density at radius 3 is 2.88 bits per heavy atom. The van der Waals surface area contributed by atoms with Gasteiger partial charge in [-0.05, 0) is 56.5 Å². The monoisotopic (exact) mass is 427 g/mol. The van der Waals surface area contributed by atoms with Crippen LogP contribution < -0.4 is 10.1 Å². The van der Waals surface area contributed by atoms with Gasteiger partial charge in [0, 0.05) is 18.1 Å². The molecule has 0 unspecified atom stereocenters. The van der Waals surface area contributed by atoms with Crippen molar-refractivity contribution < 1.29 is 14.3 Å². The Labute approximate surface area is 187 Å². The van der Waals surface area contributed by atoms with Crippen LogP contribution in [0, 0.1) is 17.8 Å². The predicted octanol–water partition coefficient (Wildman–Crippen LogP) is 5.87. The van der Waals surface area contributed by atoms with Crippen LogP contribution in [0.3, 0.4) is 0 Å². The van der Waals surface area contributed by atoms with E-state index < -0.39 is 0 Å². The van der Waals surface area contributed by atoms with Crippen LogP contribution in [0.5, 0.6) is 11.5 Å². The first kappa shape index (κ1) is 20.3. The predicted molar refractivity (Wildman–Crippen MR) is 125 cm³/mol. The van der Waals surface area contributed by atoms with Crippen LogP contribution in [0.15, 0.2) is 51.0 Å². The fourth-order valence-electron chi connectivity index (χ4n) is 4.30. The van der Waals surface area contributed by atoms with Gasteiger partial charge in [0.25, 0.3) is 0 Å². The summed E-state index contributed by atoms with van der Waals surface area (Å²) in [6, 6.07) is 11.3. The Morgan fingerprint density at radius 2 is 2.03 bits per heavy atom. The van der Waals surface area contributed by atoms with Crippen LogP contribution in [0.1, 0.15) is 42.6 Å². The number of fused-ring (bicyclic) bond motifs is 2. The number of aromatic hydroxyl groups is 1. The molecule has 1 saturated heterocycles. The molecule has 0 atom stereocenters. The molecule has 2 N–H and O–H groups in total. The number of rotatable bonds is 4. The van der Waals surface area contributed by atoms with Crippen LogP contribution in [-0.4, -0.2) is 25.3 Å². The van der Waals surface area contributed by atoms with Crippen molar-refractivity contribution in [1.29, 1.82) is 0 Å². The minimum Gasteiger partial charge on any atom is -0.504 e. The van der Waals surface area contributed by atoms with Gasteiger partial charge in [-0.25, -0.2) is 0 Å². The number of ether oxygens (including phenoxy) is 1. The minimum atomic E-state index is 0.0625. The van der Waals surface area contributed by atoms with E-state index in [9.17, 15) is 5.11 Å². The molecule has 0 spiro atoms. The Hall–Kier alpha value is -3.56. The first-order valence-corrected chi connectivity index (χ1v) is 11.0. The minimum absolute atomic E-state index is 0.0625. The maximum Gasteiger partial charge on any atom is 0.172 e. The average Bonchev–Trinajstić information content (AvgIpc) is 3.39. The number of benzene rings is 2. The van der Waals surface area contributed by atoms with Gasteiger partial charge in [0.15, 0.2) is 17.1 Å². The zero-order valence-electron chi connectivity index (χ0n) is 18.0. The summed E-state index contributed by atoms with van der Waals surface area (Å²) in [5.41, 5.74) is 3.53. The molecule has 2 aliphatic heterocycles. The smallest absolute Gasteiger partial charge is 0.172 e. The van der Waals surface area contributed by atoms with Crippen LogP contribution in [0.2, 0.25) is 0 Å². The summed E-state index contributed by atoms with van der Waals surface area (Å²) >= 11 is 0. The normalized spacial score (nSPS) is 16.8. The van der Waals surface area contributed by atoms with Gasteiger partial charge in [0.1, 0.15) is 11.3 Å². The number of furan rings is 1. The van der Waals surface area contributed by atoms with Crippen LogP contribution in [0.4, 0.5) is 5.69 Å². The molecule has 6 nitrogen and oxygen atoms in total. The number of hydrogen-bond acceptors (Lipinski definition) is 6. The lowest BCUT2D eigenvalue weighted by atomic mass is 9.93. The third-order valence-corrected chi connectivity index (χ3v) is 6.10. The summed E-state index contributed by atoms with van der Waals surface area (Å²) in [7, 11) is 1.61. The van der Waals surface area contributed by atoms with Gasteiger partial charge in [-0.3, -0.25) is 0 Å². The van der Waals surface area contributed by atoms with E-state index in [1.807, 2.05) is 30.3 Å². The third-order valence-electron chi connectivity index (χ3n) is 6.10. The van der Waals surface area contributed by atoms with Crippen LogP contribution in [0.25, 0.3) is 22.7 Å². The lowest BCUT2D eigenvalue weighted by molar-refractivity contribution is 0.357. The average molecular weight is 428 g/mol. The van der Waals surface area contributed by atoms with Crippen molar-refractivity contribution in [2.45, 2.75) is 25.7 Å². The van der Waals surface area contributed by atoms with E-state index in [1.165, 1.54) is 12.8 Å². The van der Waals surface area contributed by atoms with E-state index in [-0.39, 0.29) is 5.75 Å². The van der Waals surface area contributed by atoms with Gasteiger partial charge in [0.2, 0.25) is 0 Å². The Morgan fingerprint density at radius 1 is 1.19 bits per heavy atom.